The highest BCUT2D eigenvalue weighted by Crippen LogP contribution is 2.23. The summed E-state index contributed by atoms with van der Waals surface area (Å²) in [5, 5.41) is 11.2. The highest BCUT2D eigenvalue weighted by Gasteiger charge is 2.05. The minimum Gasteiger partial charge on any atom is -0.354 e. The highest BCUT2D eigenvalue weighted by molar-refractivity contribution is 7.99. The summed E-state index contributed by atoms with van der Waals surface area (Å²) in [6, 6.07) is 1.91. The minimum absolute atomic E-state index is 0.643. The van der Waals surface area contributed by atoms with Gasteiger partial charge in [-0.05, 0) is 31.7 Å². The number of rotatable bonds is 4. The largest absolute Gasteiger partial charge is 0.354 e. The van der Waals surface area contributed by atoms with Gasteiger partial charge in [0.2, 0.25) is 5.95 Å². The van der Waals surface area contributed by atoms with E-state index in [4.69, 9.17) is 0 Å². The van der Waals surface area contributed by atoms with E-state index in [1.807, 2.05) is 19.9 Å². The lowest BCUT2D eigenvalue weighted by Crippen LogP contribution is -2.03. The monoisotopic (exact) mass is 236 g/mol. The average molecular weight is 236 g/mol. The lowest BCUT2D eigenvalue weighted by atomic mass is 10.5. The molecule has 0 atom stereocenters. The van der Waals surface area contributed by atoms with E-state index in [-0.39, 0.29) is 0 Å². The van der Waals surface area contributed by atoms with E-state index in [2.05, 4.69) is 30.5 Å². The average Bonchev–Trinajstić information content (AvgIpc) is 2.70. The van der Waals surface area contributed by atoms with Gasteiger partial charge in [0.25, 0.3) is 0 Å². The first-order valence-corrected chi connectivity index (χ1v) is 5.72. The highest BCUT2D eigenvalue weighted by atomic mass is 32.2. The number of hydrogen-bond donors (Lipinski definition) is 2. The van der Waals surface area contributed by atoms with Crippen molar-refractivity contribution in [2.24, 2.45) is 0 Å². The van der Waals surface area contributed by atoms with Gasteiger partial charge < -0.3 is 5.32 Å². The summed E-state index contributed by atoms with van der Waals surface area (Å²) in [5.74, 6) is 0.643. The fourth-order valence-electron chi connectivity index (χ4n) is 1.17. The number of aryl methyl sites for hydroxylation is 1. The number of anilines is 1. The van der Waals surface area contributed by atoms with Gasteiger partial charge in [-0.3, -0.25) is 5.10 Å². The molecular formula is C9H12N6S. The second kappa shape index (κ2) is 4.93. The smallest absolute Gasteiger partial charge is 0.223 e. The summed E-state index contributed by atoms with van der Waals surface area (Å²) in [6.45, 7) is 4.75. The van der Waals surface area contributed by atoms with E-state index in [0.717, 1.165) is 22.4 Å². The molecule has 0 amide bonds. The van der Waals surface area contributed by atoms with Gasteiger partial charge in [-0.15, -0.1) is 0 Å². The third-order valence-corrected chi connectivity index (χ3v) is 2.57. The Hall–Kier alpha value is -1.63. The molecule has 0 unspecified atom stereocenters. The molecule has 0 bridgehead atoms. The van der Waals surface area contributed by atoms with Crippen LogP contribution in [0.25, 0.3) is 0 Å². The van der Waals surface area contributed by atoms with Crippen LogP contribution in [0.1, 0.15) is 12.6 Å². The van der Waals surface area contributed by atoms with E-state index in [0.29, 0.717) is 5.95 Å². The van der Waals surface area contributed by atoms with Crippen LogP contribution in [0.5, 0.6) is 0 Å². The zero-order chi connectivity index (χ0) is 11.4. The molecule has 2 N–H and O–H groups in total. The van der Waals surface area contributed by atoms with Crippen LogP contribution in [0, 0.1) is 6.92 Å². The maximum absolute atomic E-state index is 4.35. The molecule has 0 spiro atoms. The van der Waals surface area contributed by atoms with Crippen molar-refractivity contribution >= 4 is 17.7 Å². The van der Waals surface area contributed by atoms with Crippen LogP contribution >= 0.6 is 11.8 Å². The Labute approximate surface area is 97.3 Å². The Morgan fingerprint density at radius 1 is 1.44 bits per heavy atom. The summed E-state index contributed by atoms with van der Waals surface area (Å²) in [4.78, 5) is 12.7. The van der Waals surface area contributed by atoms with Crippen molar-refractivity contribution < 1.29 is 0 Å². The van der Waals surface area contributed by atoms with Crippen molar-refractivity contribution in [3.8, 4) is 0 Å². The van der Waals surface area contributed by atoms with E-state index >= 15 is 0 Å². The standard InChI is InChI=1S/C9H12N6S/c1-3-10-8-13-6(2)4-7(14-8)16-9-11-5-12-15-9/h4-5H,3H2,1-2H3,(H,10,13,14)(H,11,12,15). The summed E-state index contributed by atoms with van der Waals surface area (Å²) in [6.07, 6.45) is 1.47. The molecule has 2 aromatic heterocycles. The molecule has 0 aliphatic heterocycles. The van der Waals surface area contributed by atoms with Crippen molar-refractivity contribution in [2.75, 3.05) is 11.9 Å². The third-order valence-electron chi connectivity index (χ3n) is 1.76. The molecule has 0 radical (unpaired) electrons. The number of H-pyrrole nitrogens is 1. The maximum atomic E-state index is 4.35. The van der Waals surface area contributed by atoms with Gasteiger partial charge in [-0.1, -0.05) is 0 Å². The van der Waals surface area contributed by atoms with Crippen molar-refractivity contribution in [3.63, 3.8) is 0 Å². The summed E-state index contributed by atoms with van der Waals surface area (Å²) in [5.41, 5.74) is 0.924. The SMILES string of the molecule is CCNc1nc(C)cc(Sc2ncn[nH]2)n1. The van der Waals surface area contributed by atoms with E-state index in [1.165, 1.54) is 18.1 Å². The van der Waals surface area contributed by atoms with Crippen LogP contribution < -0.4 is 5.32 Å². The number of hydrogen-bond acceptors (Lipinski definition) is 6. The van der Waals surface area contributed by atoms with Crippen LogP contribution in [0.15, 0.2) is 22.6 Å². The number of aromatic amines is 1. The van der Waals surface area contributed by atoms with Crippen molar-refractivity contribution in [1.82, 2.24) is 25.1 Å². The second-order valence-corrected chi connectivity index (χ2v) is 4.10. The fourth-order valence-corrected chi connectivity index (χ4v) is 1.93. The van der Waals surface area contributed by atoms with Crippen LogP contribution in [0.3, 0.4) is 0 Å². The van der Waals surface area contributed by atoms with Gasteiger partial charge >= 0.3 is 0 Å². The number of nitrogens with zero attached hydrogens (tertiary/aromatic N) is 4. The molecule has 2 heterocycles. The first-order chi connectivity index (χ1) is 7.78. The van der Waals surface area contributed by atoms with E-state index in [9.17, 15) is 0 Å². The zero-order valence-electron chi connectivity index (χ0n) is 9.06. The van der Waals surface area contributed by atoms with Gasteiger partial charge in [-0.25, -0.2) is 15.0 Å². The summed E-state index contributed by atoms with van der Waals surface area (Å²) >= 11 is 1.43. The molecule has 6 nitrogen and oxygen atoms in total. The Balaban J connectivity index is 2.20. The molecule has 2 aromatic rings. The normalized spacial score (nSPS) is 10.4. The number of aromatic nitrogens is 5. The molecule has 2 rings (SSSR count). The first-order valence-electron chi connectivity index (χ1n) is 4.90. The summed E-state index contributed by atoms with van der Waals surface area (Å²) < 4.78 is 0. The van der Waals surface area contributed by atoms with Crippen molar-refractivity contribution in [3.05, 3.63) is 18.1 Å². The van der Waals surface area contributed by atoms with Crippen LogP contribution in [0.2, 0.25) is 0 Å². The van der Waals surface area contributed by atoms with Gasteiger partial charge in [0.1, 0.15) is 11.4 Å². The van der Waals surface area contributed by atoms with Gasteiger partial charge in [0, 0.05) is 12.2 Å². The van der Waals surface area contributed by atoms with Crippen LogP contribution in [0.4, 0.5) is 5.95 Å². The van der Waals surface area contributed by atoms with Gasteiger partial charge in [-0.2, -0.15) is 5.10 Å². The van der Waals surface area contributed by atoms with Gasteiger partial charge in [0.05, 0.1) is 0 Å². The number of nitrogens with one attached hydrogen (secondary N) is 2. The lowest BCUT2D eigenvalue weighted by molar-refractivity contribution is 0.952. The van der Waals surface area contributed by atoms with Crippen molar-refractivity contribution in [2.45, 2.75) is 24.0 Å². The molecule has 0 saturated heterocycles. The lowest BCUT2D eigenvalue weighted by Gasteiger charge is -2.04. The molecule has 0 aromatic carbocycles. The quantitative estimate of drug-likeness (QED) is 0.783. The molecule has 16 heavy (non-hydrogen) atoms. The van der Waals surface area contributed by atoms with E-state index in [1.54, 1.807) is 0 Å². The first kappa shape index (κ1) is 10.9. The Kier molecular flexibility index (Phi) is 3.35. The molecule has 7 heteroatoms. The predicted molar refractivity (Wildman–Crippen MR) is 61.4 cm³/mol. The molecule has 0 aliphatic carbocycles. The Morgan fingerprint density at radius 3 is 3.00 bits per heavy atom. The van der Waals surface area contributed by atoms with Crippen LogP contribution in [-0.4, -0.2) is 31.7 Å². The Morgan fingerprint density at radius 2 is 2.31 bits per heavy atom. The molecule has 0 aliphatic rings. The van der Waals surface area contributed by atoms with Crippen LogP contribution in [-0.2, 0) is 0 Å². The van der Waals surface area contributed by atoms with Gasteiger partial charge in [0.15, 0.2) is 5.16 Å². The van der Waals surface area contributed by atoms with E-state index < -0.39 is 0 Å². The second-order valence-electron chi connectivity index (χ2n) is 3.09. The predicted octanol–water partition coefficient (Wildman–Crippen LogP) is 1.49. The zero-order valence-corrected chi connectivity index (χ0v) is 9.88. The topological polar surface area (TPSA) is 79.4 Å². The Bertz CT molecular complexity index is 455. The molecular weight excluding hydrogens is 224 g/mol. The molecule has 84 valence electrons. The maximum Gasteiger partial charge on any atom is 0.223 e. The molecule has 0 saturated carbocycles. The third kappa shape index (κ3) is 2.69. The fraction of sp³-hybridized carbons (Fsp3) is 0.333. The van der Waals surface area contributed by atoms with Crippen molar-refractivity contribution in [1.29, 1.82) is 0 Å². The molecule has 0 fully saturated rings. The minimum atomic E-state index is 0.643. The summed E-state index contributed by atoms with van der Waals surface area (Å²) in [7, 11) is 0.